The Morgan fingerprint density at radius 3 is 2.43 bits per heavy atom. The zero-order valence-electron chi connectivity index (χ0n) is 11.0. The number of allylic oxidation sites excluding steroid dienone is 2. The van der Waals surface area contributed by atoms with Gasteiger partial charge in [0, 0.05) is 10.6 Å². The Morgan fingerprint density at radius 2 is 1.90 bits per heavy atom. The minimum Gasteiger partial charge on any atom is -0.463 e. The first-order chi connectivity index (χ1) is 9.81. The summed E-state index contributed by atoms with van der Waals surface area (Å²) in [6.07, 6.45) is -0.415. The maximum absolute atomic E-state index is 12.0. The minimum absolute atomic E-state index is 0.286. The van der Waals surface area contributed by atoms with Crippen molar-refractivity contribution in [1.82, 2.24) is 0 Å². The Kier molecular flexibility index (Phi) is 6.48. The monoisotopic (exact) mass is 364 g/mol. The molecule has 0 aliphatic heterocycles. The molecular weight excluding hydrogens is 353 g/mol. The third kappa shape index (κ3) is 6.99. The summed E-state index contributed by atoms with van der Waals surface area (Å²) < 4.78 is 45.1. The van der Waals surface area contributed by atoms with Gasteiger partial charge in [0.05, 0.1) is 6.61 Å². The maximum Gasteiger partial charge on any atom is 0.573 e. The van der Waals surface area contributed by atoms with Crippen molar-refractivity contribution in [2.24, 2.45) is 0 Å². The summed E-state index contributed by atoms with van der Waals surface area (Å²) in [6.45, 7) is 1.98. The van der Waals surface area contributed by atoms with Gasteiger partial charge in [-0.1, -0.05) is 34.1 Å². The second-order valence-corrected chi connectivity index (χ2v) is 4.55. The average molecular weight is 365 g/mol. The highest BCUT2D eigenvalue weighted by atomic mass is 79.9. The van der Waals surface area contributed by atoms with E-state index in [1.54, 1.807) is 13.0 Å². The molecule has 21 heavy (non-hydrogen) atoms. The summed E-state index contributed by atoms with van der Waals surface area (Å²) >= 11 is 3.26. The quantitative estimate of drug-likeness (QED) is 0.440. The zero-order valence-corrected chi connectivity index (χ0v) is 12.6. The van der Waals surface area contributed by atoms with Gasteiger partial charge in [0.25, 0.3) is 0 Å². The largest absolute Gasteiger partial charge is 0.573 e. The van der Waals surface area contributed by atoms with Crippen LogP contribution in [0.15, 0.2) is 42.5 Å². The highest BCUT2D eigenvalue weighted by Crippen LogP contribution is 2.26. The summed E-state index contributed by atoms with van der Waals surface area (Å²) in [4.78, 5) is 11.1. The van der Waals surface area contributed by atoms with Crippen molar-refractivity contribution in [3.8, 4) is 5.75 Å². The molecule has 114 valence electrons. The number of benzene rings is 1. The summed E-state index contributed by atoms with van der Waals surface area (Å²) in [6, 6.07) is 5.32. The van der Waals surface area contributed by atoms with E-state index in [1.807, 2.05) is 0 Å². The SMILES string of the molecule is CCOC(=O)/C=C/C=C(\Br)c1ccc(OC(F)(F)F)cc1. The molecule has 0 fully saturated rings. The number of esters is 1. The zero-order chi connectivity index (χ0) is 15.9. The molecule has 1 aromatic carbocycles. The maximum atomic E-state index is 12.0. The summed E-state index contributed by atoms with van der Waals surface area (Å²) in [7, 11) is 0. The Morgan fingerprint density at radius 1 is 1.29 bits per heavy atom. The lowest BCUT2D eigenvalue weighted by atomic mass is 10.2. The van der Waals surface area contributed by atoms with Crippen molar-refractivity contribution in [3.05, 3.63) is 48.1 Å². The van der Waals surface area contributed by atoms with E-state index in [0.717, 1.165) is 0 Å². The molecule has 0 spiro atoms. The van der Waals surface area contributed by atoms with Crippen LogP contribution in [0.3, 0.4) is 0 Å². The van der Waals surface area contributed by atoms with Crippen LogP contribution in [-0.4, -0.2) is 18.9 Å². The van der Waals surface area contributed by atoms with Crippen LogP contribution < -0.4 is 4.74 Å². The normalized spacial score (nSPS) is 12.5. The number of carbonyl (C=O) groups excluding carboxylic acids is 1. The van der Waals surface area contributed by atoms with E-state index in [4.69, 9.17) is 4.74 Å². The molecule has 0 aromatic heterocycles. The Bertz CT molecular complexity index is 533. The number of carbonyl (C=O) groups is 1. The van der Waals surface area contributed by atoms with E-state index >= 15 is 0 Å². The van der Waals surface area contributed by atoms with Gasteiger partial charge >= 0.3 is 12.3 Å². The molecule has 0 N–H and O–H groups in total. The molecule has 7 heteroatoms. The van der Waals surface area contributed by atoms with Crippen LogP contribution in [0.5, 0.6) is 5.75 Å². The number of rotatable bonds is 5. The third-order valence-corrected chi connectivity index (χ3v) is 2.85. The van der Waals surface area contributed by atoms with Crippen LogP contribution in [0, 0.1) is 0 Å². The van der Waals surface area contributed by atoms with Crippen molar-refractivity contribution in [2.75, 3.05) is 6.61 Å². The lowest BCUT2D eigenvalue weighted by molar-refractivity contribution is -0.274. The second kappa shape index (κ2) is 7.87. The van der Waals surface area contributed by atoms with Crippen molar-refractivity contribution in [1.29, 1.82) is 0 Å². The van der Waals surface area contributed by atoms with Gasteiger partial charge in [0.15, 0.2) is 0 Å². The molecular formula is C14H12BrF3O3. The first-order valence-electron chi connectivity index (χ1n) is 5.88. The molecule has 3 nitrogen and oxygen atoms in total. The van der Waals surface area contributed by atoms with Gasteiger partial charge in [-0.2, -0.15) is 0 Å². The van der Waals surface area contributed by atoms with Gasteiger partial charge in [0.1, 0.15) is 5.75 Å². The topological polar surface area (TPSA) is 35.5 Å². The number of hydrogen-bond acceptors (Lipinski definition) is 3. The molecule has 0 atom stereocenters. The molecule has 0 radical (unpaired) electrons. The van der Waals surface area contributed by atoms with Crippen LogP contribution in [0.25, 0.3) is 4.48 Å². The molecule has 0 bridgehead atoms. The molecule has 0 aliphatic rings. The number of ether oxygens (including phenoxy) is 2. The van der Waals surface area contributed by atoms with E-state index in [9.17, 15) is 18.0 Å². The summed E-state index contributed by atoms with van der Waals surface area (Å²) in [5.41, 5.74) is 0.637. The van der Waals surface area contributed by atoms with Gasteiger partial charge in [-0.15, -0.1) is 13.2 Å². The molecule has 0 saturated carbocycles. The van der Waals surface area contributed by atoms with Gasteiger partial charge in [-0.05, 0) is 30.7 Å². The predicted molar refractivity (Wildman–Crippen MR) is 75.8 cm³/mol. The number of alkyl halides is 3. The van der Waals surface area contributed by atoms with E-state index in [2.05, 4.69) is 20.7 Å². The van der Waals surface area contributed by atoms with Gasteiger partial charge < -0.3 is 9.47 Å². The fraction of sp³-hybridized carbons (Fsp3) is 0.214. The third-order valence-electron chi connectivity index (χ3n) is 2.13. The Balaban J connectivity index is 2.70. The molecule has 0 saturated heterocycles. The standard InChI is InChI=1S/C14H12BrF3O3/c1-2-20-13(19)5-3-4-12(15)10-6-8-11(9-7-10)21-14(16,17)18/h3-9H,2H2,1H3/b5-3+,12-4-. The lowest BCUT2D eigenvalue weighted by Crippen LogP contribution is -2.16. The van der Waals surface area contributed by atoms with Gasteiger partial charge in [0.2, 0.25) is 0 Å². The van der Waals surface area contributed by atoms with Crippen molar-refractivity contribution < 1.29 is 27.4 Å². The number of halogens is 4. The van der Waals surface area contributed by atoms with E-state index in [1.165, 1.54) is 36.4 Å². The fourth-order valence-electron chi connectivity index (χ4n) is 1.31. The van der Waals surface area contributed by atoms with E-state index < -0.39 is 12.3 Å². The van der Waals surface area contributed by atoms with Gasteiger partial charge in [-0.3, -0.25) is 0 Å². The highest BCUT2D eigenvalue weighted by molar-refractivity contribution is 9.15. The first kappa shape index (κ1) is 17.3. The van der Waals surface area contributed by atoms with Crippen LogP contribution in [0.4, 0.5) is 13.2 Å². The average Bonchev–Trinajstić information content (AvgIpc) is 2.38. The summed E-state index contributed by atoms with van der Waals surface area (Å²) in [5.74, 6) is -0.767. The van der Waals surface area contributed by atoms with Crippen LogP contribution in [0.1, 0.15) is 12.5 Å². The number of hydrogen-bond donors (Lipinski definition) is 0. The molecule has 0 aliphatic carbocycles. The Labute approximate surface area is 128 Å². The molecule has 0 heterocycles. The van der Waals surface area contributed by atoms with E-state index in [0.29, 0.717) is 10.0 Å². The lowest BCUT2D eigenvalue weighted by Gasteiger charge is -2.08. The molecule has 0 amide bonds. The van der Waals surface area contributed by atoms with Crippen LogP contribution in [0.2, 0.25) is 0 Å². The first-order valence-corrected chi connectivity index (χ1v) is 6.68. The molecule has 1 rings (SSSR count). The smallest absolute Gasteiger partial charge is 0.463 e. The Hall–Kier alpha value is -1.76. The predicted octanol–water partition coefficient (Wildman–Crippen LogP) is 4.44. The second-order valence-electron chi connectivity index (χ2n) is 3.70. The summed E-state index contributed by atoms with van der Waals surface area (Å²) in [5, 5.41) is 0. The van der Waals surface area contributed by atoms with Crippen LogP contribution in [-0.2, 0) is 9.53 Å². The fourth-order valence-corrected chi connectivity index (χ4v) is 1.73. The van der Waals surface area contributed by atoms with E-state index in [-0.39, 0.29) is 12.4 Å². The molecule has 0 unspecified atom stereocenters. The minimum atomic E-state index is -4.71. The van der Waals surface area contributed by atoms with Crippen molar-refractivity contribution >= 4 is 26.4 Å². The highest BCUT2D eigenvalue weighted by Gasteiger charge is 2.30. The van der Waals surface area contributed by atoms with Gasteiger partial charge in [-0.25, -0.2) is 4.79 Å². The van der Waals surface area contributed by atoms with Crippen LogP contribution >= 0.6 is 15.9 Å². The molecule has 1 aromatic rings. The van der Waals surface area contributed by atoms with Crippen molar-refractivity contribution in [3.63, 3.8) is 0 Å². The van der Waals surface area contributed by atoms with Crippen molar-refractivity contribution in [2.45, 2.75) is 13.3 Å².